The van der Waals surface area contributed by atoms with Gasteiger partial charge in [0.2, 0.25) is 5.56 Å². The van der Waals surface area contributed by atoms with Crippen LogP contribution in [0.25, 0.3) is 11.1 Å². The summed E-state index contributed by atoms with van der Waals surface area (Å²) in [5.41, 5.74) is 15.1. The standard InChI is InChI=1S/C23H22N2O.C6H12.C5H12/c1-15-5-7-16(8-6-15)23-20(18-11-12-25-22(26)14-18)4-2-3-17-13-19(24)9-10-21(17)23;1-6-4-2-3-5-6;1-3-5-4-2/h5-14H,2-4,24H2,1H3,(H,25,26);6H,2-5H2,1H3;3-5H2,1-2H3. The number of aromatic nitrogens is 1. The molecule has 37 heavy (non-hydrogen) atoms. The third-order valence-electron chi connectivity index (χ3n) is 7.39. The van der Waals surface area contributed by atoms with Gasteiger partial charge in [-0.2, -0.15) is 0 Å². The molecule has 1 aromatic heterocycles. The molecule has 2 aromatic carbocycles. The molecule has 2 aliphatic carbocycles. The third-order valence-corrected chi connectivity index (χ3v) is 7.39. The summed E-state index contributed by atoms with van der Waals surface area (Å²) in [5.74, 6) is 1.05. The van der Waals surface area contributed by atoms with E-state index in [2.05, 4.69) is 69.1 Å². The molecule has 1 heterocycles. The average Bonchev–Trinajstić information content (AvgIpc) is 3.29. The van der Waals surface area contributed by atoms with Crippen LogP contribution < -0.4 is 11.3 Å². The zero-order valence-corrected chi connectivity index (χ0v) is 23.4. The van der Waals surface area contributed by atoms with Gasteiger partial charge < -0.3 is 10.7 Å². The molecule has 3 N–H and O–H groups in total. The maximum Gasteiger partial charge on any atom is 0.248 e. The van der Waals surface area contributed by atoms with Crippen LogP contribution in [0.2, 0.25) is 0 Å². The summed E-state index contributed by atoms with van der Waals surface area (Å²) in [6.45, 7) is 8.86. The van der Waals surface area contributed by atoms with Gasteiger partial charge in [-0.25, -0.2) is 0 Å². The molecule has 0 saturated heterocycles. The second kappa shape index (κ2) is 14.6. The molecule has 3 heteroatoms. The molecule has 0 bridgehead atoms. The second-order valence-electron chi connectivity index (χ2n) is 10.7. The summed E-state index contributed by atoms with van der Waals surface area (Å²) in [6, 6.07) is 18.5. The Morgan fingerprint density at radius 1 is 0.865 bits per heavy atom. The highest BCUT2D eigenvalue weighted by Gasteiger charge is 2.20. The minimum Gasteiger partial charge on any atom is -0.399 e. The molecule has 1 saturated carbocycles. The Kier molecular flexibility index (Phi) is 11.3. The Balaban J connectivity index is 0.000000288. The van der Waals surface area contributed by atoms with Crippen molar-refractivity contribution >= 4 is 16.8 Å². The number of fused-ring (bicyclic) bond motifs is 1. The minimum absolute atomic E-state index is 0.0694. The van der Waals surface area contributed by atoms with Gasteiger partial charge in [0, 0.05) is 18.0 Å². The lowest BCUT2D eigenvalue weighted by molar-refractivity contribution is 0.612. The lowest BCUT2D eigenvalue weighted by Crippen LogP contribution is -2.05. The van der Waals surface area contributed by atoms with Crippen molar-refractivity contribution in [3.63, 3.8) is 0 Å². The average molecular weight is 499 g/mol. The molecule has 2 aliphatic rings. The number of rotatable bonds is 4. The molecule has 0 aliphatic heterocycles. The Labute approximate surface area is 224 Å². The summed E-state index contributed by atoms with van der Waals surface area (Å²) in [7, 11) is 0. The van der Waals surface area contributed by atoms with E-state index >= 15 is 0 Å². The second-order valence-corrected chi connectivity index (χ2v) is 10.7. The molecule has 3 aromatic rings. The summed E-state index contributed by atoms with van der Waals surface area (Å²) < 4.78 is 0. The van der Waals surface area contributed by atoms with Crippen molar-refractivity contribution in [1.82, 2.24) is 4.98 Å². The van der Waals surface area contributed by atoms with Crippen molar-refractivity contribution in [2.24, 2.45) is 5.92 Å². The van der Waals surface area contributed by atoms with Crippen molar-refractivity contribution in [3.8, 4) is 0 Å². The van der Waals surface area contributed by atoms with Crippen molar-refractivity contribution < 1.29 is 0 Å². The van der Waals surface area contributed by atoms with E-state index in [-0.39, 0.29) is 5.56 Å². The number of aromatic amines is 1. The molecule has 0 amide bonds. The van der Waals surface area contributed by atoms with Crippen LogP contribution in [0.1, 0.15) is 106 Å². The zero-order chi connectivity index (χ0) is 26.6. The van der Waals surface area contributed by atoms with E-state index in [4.69, 9.17) is 5.73 Å². The SMILES string of the molecule is CC1CCCC1.CCCCC.Cc1ccc(C2=C(c3cc[nH]c(=O)c3)CCCc3cc(N)ccc32)cc1. The van der Waals surface area contributed by atoms with Gasteiger partial charge in [0.1, 0.15) is 0 Å². The molecule has 198 valence electrons. The predicted molar refractivity (Wildman–Crippen MR) is 161 cm³/mol. The molecular formula is C34H46N2O. The van der Waals surface area contributed by atoms with Gasteiger partial charge in [-0.3, -0.25) is 4.79 Å². The van der Waals surface area contributed by atoms with Crippen LogP contribution in [-0.2, 0) is 6.42 Å². The van der Waals surface area contributed by atoms with E-state index in [9.17, 15) is 4.79 Å². The van der Waals surface area contributed by atoms with Gasteiger partial charge in [0.25, 0.3) is 0 Å². The molecule has 5 rings (SSSR count). The van der Waals surface area contributed by atoms with Crippen molar-refractivity contribution in [3.05, 3.63) is 99.0 Å². The Morgan fingerprint density at radius 2 is 1.57 bits per heavy atom. The first kappa shape index (κ1) is 28.5. The third kappa shape index (κ3) is 8.49. The summed E-state index contributed by atoms with van der Waals surface area (Å²) in [5, 5.41) is 0. The Morgan fingerprint density at radius 3 is 2.14 bits per heavy atom. The number of pyridine rings is 1. The van der Waals surface area contributed by atoms with E-state index in [0.717, 1.165) is 36.4 Å². The molecule has 0 radical (unpaired) electrons. The maximum atomic E-state index is 11.9. The number of nitrogen functional groups attached to an aromatic ring is 1. The number of anilines is 1. The van der Waals surface area contributed by atoms with Crippen LogP contribution in [0.4, 0.5) is 5.69 Å². The largest absolute Gasteiger partial charge is 0.399 e. The van der Waals surface area contributed by atoms with E-state index in [1.165, 1.54) is 78.3 Å². The molecule has 0 atom stereocenters. The number of nitrogens with one attached hydrogen (secondary N) is 1. The van der Waals surface area contributed by atoms with Gasteiger partial charge >= 0.3 is 0 Å². The van der Waals surface area contributed by atoms with E-state index in [0.29, 0.717) is 0 Å². The quantitative estimate of drug-likeness (QED) is 0.353. The van der Waals surface area contributed by atoms with Crippen molar-refractivity contribution in [2.45, 2.75) is 91.9 Å². The van der Waals surface area contributed by atoms with Crippen molar-refractivity contribution in [1.29, 1.82) is 0 Å². The van der Waals surface area contributed by atoms with Crippen LogP contribution in [0, 0.1) is 12.8 Å². The number of allylic oxidation sites excluding steroid dienone is 1. The topological polar surface area (TPSA) is 58.9 Å². The first-order valence-electron chi connectivity index (χ1n) is 14.3. The minimum atomic E-state index is -0.0694. The molecular weight excluding hydrogens is 452 g/mol. The lowest BCUT2D eigenvalue weighted by Gasteiger charge is -2.17. The van der Waals surface area contributed by atoms with Gasteiger partial charge in [0.05, 0.1) is 0 Å². The fraction of sp³-hybridized carbons (Fsp3) is 0.441. The number of hydrogen-bond acceptors (Lipinski definition) is 2. The summed E-state index contributed by atoms with van der Waals surface area (Å²) in [4.78, 5) is 14.6. The van der Waals surface area contributed by atoms with Crippen molar-refractivity contribution in [2.75, 3.05) is 5.73 Å². The first-order valence-corrected chi connectivity index (χ1v) is 14.3. The molecule has 3 nitrogen and oxygen atoms in total. The molecule has 0 unspecified atom stereocenters. The number of nitrogens with two attached hydrogens (primary N) is 1. The van der Waals surface area contributed by atoms with Crippen LogP contribution in [-0.4, -0.2) is 4.98 Å². The van der Waals surface area contributed by atoms with Crippen LogP contribution in [0.15, 0.2) is 65.6 Å². The van der Waals surface area contributed by atoms with E-state index in [1.807, 2.05) is 12.1 Å². The summed E-state index contributed by atoms with van der Waals surface area (Å²) in [6.07, 6.45) is 14.7. The number of unbranched alkanes of at least 4 members (excludes halogenated alkanes) is 2. The zero-order valence-electron chi connectivity index (χ0n) is 23.4. The van der Waals surface area contributed by atoms with E-state index in [1.54, 1.807) is 12.3 Å². The maximum absolute atomic E-state index is 11.9. The number of benzene rings is 2. The molecule has 0 spiro atoms. The smallest absolute Gasteiger partial charge is 0.248 e. The van der Waals surface area contributed by atoms with Crippen LogP contribution in [0.5, 0.6) is 0 Å². The fourth-order valence-electron chi connectivity index (χ4n) is 5.26. The lowest BCUT2D eigenvalue weighted by atomic mass is 9.88. The van der Waals surface area contributed by atoms with E-state index < -0.39 is 0 Å². The molecule has 1 fully saturated rings. The first-order chi connectivity index (χ1) is 17.9. The number of H-pyrrole nitrogens is 1. The predicted octanol–water partition coefficient (Wildman–Crippen LogP) is 8.95. The fourth-order valence-corrected chi connectivity index (χ4v) is 5.26. The van der Waals surface area contributed by atoms with Crippen LogP contribution in [0.3, 0.4) is 0 Å². The highest BCUT2D eigenvalue weighted by atomic mass is 16.1. The highest BCUT2D eigenvalue weighted by molar-refractivity contribution is 6.00. The van der Waals surface area contributed by atoms with Gasteiger partial charge in [-0.1, -0.05) is 102 Å². The Hall–Kier alpha value is -3.07. The van der Waals surface area contributed by atoms with Gasteiger partial charge in [0.15, 0.2) is 0 Å². The number of aryl methyl sites for hydroxylation is 2. The summed E-state index contributed by atoms with van der Waals surface area (Å²) >= 11 is 0. The normalized spacial score (nSPS) is 15.1. The van der Waals surface area contributed by atoms with Gasteiger partial charge in [-0.15, -0.1) is 0 Å². The number of hydrogen-bond donors (Lipinski definition) is 2. The highest BCUT2D eigenvalue weighted by Crippen LogP contribution is 2.40. The monoisotopic (exact) mass is 498 g/mol. The van der Waals surface area contributed by atoms with Gasteiger partial charge in [-0.05, 0) is 83.7 Å². The van der Waals surface area contributed by atoms with Crippen LogP contribution >= 0.6 is 0 Å². The Bertz CT molecular complexity index is 1190.